The van der Waals surface area contributed by atoms with Crippen molar-refractivity contribution in [3.8, 4) is 0 Å². The molecule has 14 heavy (non-hydrogen) atoms. The van der Waals surface area contributed by atoms with Crippen molar-refractivity contribution in [1.29, 1.82) is 0 Å². The molecule has 0 aliphatic heterocycles. The topological polar surface area (TPSA) is 18.5 Å². The lowest BCUT2D eigenvalue weighted by Gasteiger charge is -2.25. The number of ether oxygens (including phenoxy) is 2. The molecule has 0 saturated carbocycles. The summed E-state index contributed by atoms with van der Waals surface area (Å²) in [7, 11) is 1.53. The van der Waals surface area contributed by atoms with Crippen LogP contribution in [0.1, 0.15) is 0 Å². The molecule has 0 rings (SSSR count). The molecule has 2 nitrogen and oxygen atoms in total. The van der Waals surface area contributed by atoms with Crippen LogP contribution >= 0.6 is 24.4 Å². The van der Waals surface area contributed by atoms with Gasteiger partial charge in [-0.3, -0.25) is 0 Å². The maximum Gasteiger partial charge on any atom is 0.384 e. The molecule has 0 heterocycles. The summed E-state index contributed by atoms with van der Waals surface area (Å²) in [4.78, 5) is 0. The van der Waals surface area contributed by atoms with E-state index in [2.05, 4.69) is 33.9 Å². The van der Waals surface area contributed by atoms with Gasteiger partial charge in [-0.1, -0.05) is 0 Å². The zero-order valence-corrected chi connectivity index (χ0v) is 8.78. The Morgan fingerprint density at radius 1 is 0.857 bits per heavy atom. The predicted molar refractivity (Wildman–Crippen MR) is 49.1 cm³/mol. The monoisotopic (exact) mass is 250 g/mol. The molecule has 0 bridgehead atoms. The second kappa shape index (κ2) is 4.35. The molecule has 82 valence electrons. The van der Waals surface area contributed by atoms with Crippen molar-refractivity contribution in [2.75, 3.05) is 14.2 Å². The van der Waals surface area contributed by atoms with Gasteiger partial charge in [0.2, 0.25) is 10.1 Å². The summed E-state index contributed by atoms with van der Waals surface area (Å²) in [6, 6.07) is 0. The van der Waals surface area contributed by atoms with Gasteiger partial charge in [0.05, 0.1) is 14.2 Å². The van der Waals surface area contributed by atoms with E-state index in [1.54, 1.807) is 0 Å². The Balaban J connectivity index is 5.06. The van der Waals surface area contributed by atoms with Crippen LogP contribution in [0.3, 0.4) is 0 Å². The van der Waals surface area contributed by atoms with Gasteiger partial charge < -0.3 is 9.47 Å². The lowest BCUT2D eigenvalue weighted by atomic mass is 10.2. The van der Waals surface area contributed by atoms with Crippen LogP contribution in [0.5, 0.6) is 0 Å². The summed E-state index contributed by atoms with van der Waals surface area (Å²) in [5.74, 6) is -9.33. The van der Waals surface area contributed by atoms with Crippen LogP contribution in [0.25, 0.3) is 0 Å². The lowest BCUT2D eigenvalue weighted by Crippen LogP contribution is -2.52. The maximum atomic E-state index is 12.8. The van der Waals surface area contributed by atoms with E-state index in [4.69, 9.17) is 0 Å². The minimum atomic E-state index is -4.66. The third-order valence-corrected chi connectivity index (χ3v) is 2.12. The van der Waals surface area contributed by atoms with Crippen molar-refractivity contribution >= 4 is 34.5 Å². The molecule has 0 aromatic heterocycles. The number of rotatable bonds is 3. The van der Waals surface area contributed by atoms with Crippen molar-refractivity contribution in [3.05, 3.63) is 0 Å². The fourth-order valence-electron chi connectivity index (χ4n) is 0.513. The van der Waals surface area contributed by atoms with E-state index in [1.807, 2.05) is 0 Å². The van der Waals surface area contributed by atoms with Gasteiger partial charge >= 0.3 is 11.8 Å². The molecule has 0 atom stereocenters. The first kappa shape index (κ1) is 13.5. The summed E-state index contributed by atoms with van der Waals surface area (Å²) in [5.41, 5.74) is 0. The van der Waals surface area contributed by atoms with Crippen LogP contribution in [-0.2, 0) is 9.47 Å². The fourth-order valence-corrected chi connectivity index (χ4v) is 0.769. The zero-order chi connectivity index (χ0) is 11.6. The second-order valence-electron chi connectivity index (χ2n) is 2.13. The third kappa shape index (κ3) is 2.11. The molecule has 0 spiro atoms. The number of halogens is 4. The summed E-state index contributed by atoms with van der Waals surface area (Å²) in [6.45, 7) is 0. The Bertz CT molecular complexity index is 228. The van der Waals surface area contributed by atoms with Crippen LogP contribution < -0.4 is 0 Å². The second-order valence-corrected chi connectivity index (χ2v) is 2.87. The van der Waals surface area contributed by atoms with Gasteiger partial charge in [-0.05, 0) is 24.4 Å². The molecule has 0 radical (unpaired) electrons. The van der Waals surface area contributed by atoms with Gasteiger partial charge in [-0.25, -0.2) is 0 Å². The van der Waals surface area contributed by atoms with Crippen molar-refractivity contribution in [1.82, 2.24) is 0 Å². The first-order valence-corrected chi connectivity index (χ1v) is 3.96. The molecule has 0 saturated heterocycles. The Kier molecular flexibility index (Phi) is 4.19. The van der Waals surface area contributed by atoms with Crippen molar-refractivity contribution in [2.45, 2.75) is 11.8 Å². The number of hydrogen-bond acceptors (Lipinski definition) is 4. The molecule has 0 unspecified atom stereocenters. The quantitative estimate of drug-likeness (QED) is 0.564. The van der Waals surface area contributed by atoms with E-state index in [0.29, 0.717) is 0 Å². The summed E-state index contributed by atoms with van der Waals surface area (Å²) in [5, 5.41) is -3.08. The van der Waals surface area contributed by atoms with Gasteiger partial charge in [0.15, 0.2) is 0 Å². The van der Waals surface area contributed by atoms with Gasteiger partial charge in [-0.15, -0.1) is 0 Å². The third-order valence-electron chi connectivity index (χ3n) is 1.28. The number of thiocarbonyl (C=S) groups is 2. The van der Waals surface area contributed by atoms with E-state index in [0.717, 1.165) is 14.2 Å². The highest BCUT2D eigenvalue weighted by Gasteiger charge is 2.64. The lowest BCUT2D eigenvalue weighted by molar-refractivity contribution is -0.133. The molecular weight excluding hydrogens is 244 g/mol. The highest BCUT2D eigenvalue weighted by atomic mass is 32.1. The summed E-state index contributed by atoms with van der Waals surface area (Å²) < 4.78 is 59.2. The molecule has 0 N–H and O–H groups in total. The molecule has 0 aliphatic carbocycles. The Morgan fingerprint density at radius 3 is 1.21 bits per heavy atom. The van der Waals surface area contributed by atoms with Gasteiger partial charge in [0, 0.05) is 0 Å². The van der Waals surface area contributed by atoms with Crippen LogP contribution in [0.15, 0.2) is 0 Å². The van der Waals surface area contributed by atoms with Crippen molar-refractivity contribution in [3.63, 3.8) is 0 Å². The fraction of sp³-hybridized carbons (Fsp3) is 0.667. The molecule has 0 aromatic rings. The van der Waals surface area contributed by atoms with E-state index < -0.39 is 21.9 Å². The molecule has 0 aliphatic rings. The molecule has 8 heteroatoms. The molecular formula is C6H6F4O2S2. The van der Waals surface area contributed by atoms with Crippen LogP contribution in [0.4, 0.5) is 17.6 Å². The number of hydrogen-bond donors (Lipinski definition) is 0. The van der Waals surface area contributed by atoms with E-state index in [9.17, 15) is 17.6 Å². The average Bonchev–Trinajstić information content (AvgIpc) is 2.14. The Morgan fingerprint density at radius 2 is 1.07 bits per heavy atom. The highest BCUT2D eigenvalue weighted by molar-refractivity contribution is 7.80. The highest BCUT2D eigenvalue weighted by Crippen LogP contribution is 2.37. The van der Waals surface area contributed by atoms with Gasteiger partial charge in [0.1, 0.15) is 0 Å². The molecule has 0 fully saturated rings. The SMILES string of the molecule is COC(=S)C(F)(F)C(F)(F)C(=S)OC. The number of alkyl halides is 4. The standard InChI is InChI=1S/C6H6F4O2S2/c1-11-3(13)5(7,8)6(9,10)4(14)12-2/h1-2H3. The Hall–Kier alpha value is -0.500. The first-order chi connectivity index (χ1) is 6.21. The van der Waals surface area contributed by atoms with Gasteiger partial charge in [0.25, 0.3) is 0 Å². The molecule has 0 aromatic carbocycles. The van der Waals surface area contributed by atoms with Crippen molar-refractivity contribution < 1.29 is 27.0 Å². The van der Waals surface area contributed by atoms with Crippen molar-refractivity contribution in [2.24, 2.45) is 0 Å². The van der Waals surface area contributed by atoms with E-state index >= 15 is 0 Å². The zero-order valence-electron chi connectivity index (χ0n) is 7.14. The first-order valence-electron chi connectivity index (χ1n) is 3.14. The predicted octanol–water partition coefficient (Wildman–Crippen LogP) is 2.20. The van der Waals surface area contributed by atoms with Crippen LogP contribution in [-0.4, -0.2) is 36.2 Å². The summed E-state index contributed by atoms with van der Waals surface area (Å²) >= 11 is 7.88. The van der Waals surface area contributed by atoms with Crippen LogP contribution in [0, 0.1) is 0 Å². The van der Waals surface area contributed by atoms with Gasteiger partial charge in [-0.2, -0.15) is 17.6 Å². The maximum absolute atomic E-state index is 12.8. The average molecular weight is 250 g/mol. The summed E-state index contributed by atoms with van der Waals surface area (Å²) in [6.07, 6.45) is 0. The minimum Gasteiger partial charge on any atom is -0.485 e. The van der Waals surface area contributed by atoms with E-state index in [1.165, 1.54) is 0 Å². The van der Waals surface area contributed by atoms with Crippen LogP contribution in [0.2, 0.25) is 0 Å². The smallest absolute Gasteiger partial charge is 0.384 e. The Labute approximate surface area is 88.2 Å². The molecule has 0 amide bonds. The number of methoxy groups -OCH3 is 2. The minimum absolute atomic E-state index is 0.766. The normalized spacial score (nSPS) is 12.1. The largest absolute Gasteiger partial charge is 0.485 e. The van der Waals surface area contributed by atoms with E-state index in [-0.39, 0.29) is 0 Å².